The van der Waals surface area contributed by atoms with Crippen LogP contribution in [0, 0.1) is 11.8 Å². The Balaban J connectivity index is 1.34. The summed E-state index contributed by atoms with van der Waals surface area (Å²) in [5.41, 5.74) is 0.257. The number of nitrogens with zero attached hydrogens (tertiary/aromatic N) is 1. The lowest BCUT2D eigenvalue weighted by Gasteiger charge is -2.19. The average molecular weight is 380 g/mol. The van der Waals surface area contributed by atoms with E-state index in [1.54, 1.807) is 0 Å². The fourth-order valence-corrected chi connectivity index (χ4v) is 3.91. The Kier molecular flexibility index (Phi) is 4.24. The van der Waals surface area contributed by atoms with Gasteiger partial charge in [-0.1, -0.05) is 12.8 Å². The number of ether oxygens (including phenoxy) is 2. The van der Waals surface area contributed by atoms with Gasteiger partial charge in [0.05, 0.1) is 11.8 Å². The minimum atomic E-state index is -3.72. The van der Waals surface area contributed by atoms with E-state index in [0.717, 1.165) is 25.7 Å². The van der Waals surface area contributed by atoms with Gasteiger partial charge < -0.3 is 14.8 Å². The van der Waals surface area contributed by atoms with Crippen LogP contribution >= 0.6 is 0 Å². The third kappa shape index (κ3) is 3.33. The second-order valence-electron chi connectivity index (χ2n) is 6.95. The third-order valence-corrected chi connectivity index (χ3v) is 5.18. The summed E-state index contributed by atoms with van der Waals surface area (Å²) in [5.74, 6) is -1.60. The molecule has 1 saturated carbocycles. The Morgan fingerprint density at radius 2 is 1.74 bits per heavy atom. The van der Waals surface area contributed by atoms with Gasteiger partial charge in [0.25, 0.3) is 0 Å². The summed E-state index contributed by atoms with van der Waals surface area (Å²) in [6, 6.07) is 3.90. The molecule has 1 aromatic rings. The number of imide groups is 1. The van der Waals surface area contributed by atoms with Gasteiger partial charge in [-0.15, -0.1) is 8.78 Å². The SMILES string of the molecule is O=C(CCN1C(=O)[C@H]2CCCC[C@@H]2C1=O)Nc1ccc2c(c1)OC(F)(F)O2. The molecule has 0 spiro atoms. The summed E-state index contributed by atoms with van der Waals surface area (Å²) >= 11 is 0. The number of halogens is 2. The Morgan fingerprint density at radius 1 is 1.11 bits per heavy atom. The van der Waals surface area contributed by atoms with Crippen LogP contribution in [0.2, 0.25) is 0 Å². The number of likely N-dealkylation sites (tertiary alicyclic amines) is 1. The molecule has 0 aromatic heterocycles. The number of hydrogen-bond donors (Lipinski definition) is 1. The standard InChI is InChI=1S/C18H18F2N2O5/c19-18(20)26-13-6-5-10(9-14(13)27-18)21-15(23)7-8-22-16(24)11-3-1-2-4-12(11)17(22)25/h5-6,9,11-12H,1-4,7-8H2,(H,21,23)/t11-,12-/m0/s1. The van der Waals surface area contributed by atoms with E-state index in [2.05, 4.69) is 14.8 Å². The summed E-state index contributed by atoms with van der Waals surface area (Å²) in [4.78, 5) is 38.1. The van der Waals surface area contributed by atoms with Crippen LogP contribution in [0.1, 0.15) is 32.1 Å². The molecule has 1 N–H and O–H groups in total. The van der Waals surface area contributed by atoms with E-state index in [4.69, 9.17) is 0 Å². The molecule has 0 bridgehead atoms. The molecule has 7 nitrogen and oxygen atoms in total. The summed E-state index contributed by atoms with van der Waals surface area (Å²) < 4.78 is 34.7. The minimum Gasteiger partial charge on any atom is -0.395 e. The maximum absolute atomic E-state index is 13.0. The monoisotopic (exact) mass is 380 g/mol. The first-order valence-electron chi connectivity index (χ1n) is 8.89. The Labute approximate surface area is 153 Å². The maximum Gasteiger partial charge on any atom is 0.586 e. The van der Waals surface area contributed by atoms with Crippen molar-refractivity contribution in [2.75, 3.05) is 11.9 Å². The van der Waals surface area contributed by atoms with E-state index >= 15 is 0 Å². The normalized spacial score (nSPS) is 25.5. The molecule has 4 rings (SSSR count). The minimum absolute atomic E-state index is 0.0130. The van der Waals surface area contributed by atoms with E-state index in [-0.39, 0.29) is 53.8 Å². The van der Waals surface area contributed by atoms with Crippen LogP contribution < -0.4 is 14.8 Å². The van der Waals surface area contributed by atoms with E-state index in [9.17, 15) is 23.2 Å². The molecule has 0 unspecified atom stereocenters. The number of hydrogen-bond acceptors (Lipinski definition) is 5. The Bertz CT molecular complexity index is 789. The van der Waals surface area contributed by atoms with Crippen molar-refractivity contribution in [3.05, 3.63) is 18.2 Å². The zero-order chi connectivity index (χ0) is 19.2. The average Bonchev–Trinajstić information content (AvgIpc) is 3.06. The van der Waals surface area contributed by atoms with Crippen molar-refractivity contribution in [1.29, 1.82) is 0 Å². The van der Waals surface area contributed by atoms with Gasteiger partial charge in [0, 0.05) is 24.7 Å². The van der Waals surface area contributed by atoms with Crippen molar-refractivity contribution < 1.29 is 32.6 Å². The van der Waals surface area contributed by atoms with E-state index in [1.165, 1.54) is 23.1 Å². The zero-order valence-corrected chi connectivity index (χ0v) is 14.4. The largest absolute Gasteiger partial charge is 0.586 e. The van der Waals surface area contributed by atoms with Gasteiger partial charge in [0.2, 0.25) is 17.7 Å². The lowest BCUT2D eigenvalue weighted by atomic mass is 9.81. The van der Waals surface area contributed by atoms with E-state index < -0.39 is 12.2 Å². The number of fused-ring (bicyclic) bond motifs is 2. The van der Waals surface area contributed by atoms with Gasteiger partial charge in [-0.25, -0.2) is 0 Å². The van der Waals surface area contributed by atoms with Crippen LogP contribution in [0.15, 0.2) is 18.2 Å². The fraction of sp³-hybridized carbons (Fsp3) is 0.500. The highest BCUT2D eigenvalue weighted by molar-refractivity contribution is 6.05. The summed E-state index contributed by atoms with van der Waals surface area (Å²) in [6.07, 6.45) is -0.464. The quantitative estimate of drug-likeness (QED) is 0.812. The fourth-order valence-electron chi connectivity index (χ4n) is 3.91. The predicted molar refractivity (Wildman–Crippen MR) is 88.1 cm³/mol. The highest BCUT2D eigenvalue weighted by atomic mass is 19.3. The second kappa shape index (κ2) is 6.47. The van der Waals surface area contributed by atoms with E-state index in [0.29, 0.717) is 0 Å². The third-order valence-electron chi connectivity index (χ3n) is 5.18. The lowest BCUT2D eigenvalue weighted by Crippen LogP contribution is -2.34. The molecule has 2 heterocycles. The van der Waals surface area contributed by atoms with Crippen LogP contribution in [0.25, 0.3) is 0 Å². The van der Waals surface area contributed by atoms with Crippen molar-refractivity contribution in [3.8, 4) is 11.5 Å². The number of amides is 3. The van der Waals surface area contributed by atoms with Gasteiger partial charge in [-0.05, 0) is 25.0 Å². The Hall–Kier alpha value is -2.71. The van der Waals surface area contributed by atoms with Crippen molar-refractivity contribution >= 4 is 23.4 Å². The first kappa shape index (κ1) is 17.7. The first-order valence-corrected chi connectivity index (χ1v) is 8.89. The number of carbonyl (C=O) groups is 3. The molecule has 27 heavy (non-hydrogen) atoms. The molecule has 2 atom stereocenters. The van der Waals surface area contributed by atoms with Crippen LogP contribution in [-0.4, -0.2) is 35.5 Å². The van der Waals surface area contributed by atoms with Crippen LogP contribution in [0.4, 0.5) is 14.5 Å². The summed E-state index contributed by atoms with van der Waals surface area (Å²) in [6.45, 7) is 0.0130. The topological polar surface area (TPSA) is 84.9 Å². The summed E-state index contributed by atoms with van der Waals surface area (Å²) in [7, 11) is 0. The van der Waals surface area contributed by atoms with Gasteiger partial charge in [0.1, 0.15) is 0 Å². The van der Waals surface area contributed by atoms with Crippen molar-refractivity contribution in [3.63, 3.8) is 0 Å². The number of carbonyl (C=O) groups excluding carboxylic acids is 3. The summed E-state index contributed by atoms with van der Waals surface area (Å²) in [5, 5.41) is 2.55. The maximum atomic E-state index is 13.0. The van der Waals surface area contributed by atoms with Crippen molar-refractivity contribution in [2.45, 2.75) is 38.4 Å². The molecular weight excluding hydrogens is 362 g/mol. The van der Waals surface area contributed by atoms with Crippen molar-refractivity contribution in [1.82, 2.24) is 4.90 Å². The highest BCUT2D eigenvalue weighted by Crippen LogP contribution is 2.42. The molecule has 1 saturated heterocycles. The highest BCUT2D eigenvalue weighted by Gasteiger charge is 2.48. The zero-order valence-electron chi connectivity index (χ0n) is 14.4. The molecular formula is C18H18F2N2O5. The number of nitrogens with one attached hydrogen (secondary N) is 1. The molecule has 144 valence electrons. The lowest BCUT2D eigenvalue weighted by molar-refractivity contribution is -0.286. The smallest absolute Gasteiger partial charge is 0.395 e. The second-order valence-corrected chi connectivity index (χ2v) is 6.95. The molecule has 2 fully saturated rings. The van der Waals surface area contributed by atoms with Gasteiger partial charge in [0.15, 0.2) is 11.5 Å². The molecule has 2 aliphatic heterocycles. The molecule has 1 aliphatic carbocycles. The van der Waals surface area contributed by atoms with Gasteiger partial charge in [-0.3, -0.25) is 19.3 Å². The van der Waals surface area contributed by atoms with Crippen LogP contribution in [-0.2, 0) is 14.4 Å². The number of rotatable bonds is 4. The number of benzene rings is 1. The molecule has 9 heteroatoms. The first-order chi connectivity index (χ1) is 12.8. The Morgan fingerprint density at radius 3 is 2.41 bits per heavy atom. The molecule has 1 aromatic carbocycles. The molecule has 3 aliphatic rings. The van der Waals surface area contributed by atoms with Crippen molar-refractivity contribution in [2.24, 2.45) is 11.8 Å². The predicted octanol–water partition coefficient (Wildman–Crippen LogP) is 2.51. The van der Waals surface area contributed by atoms with Gasteiger partial charge >= 0.3 is 6.29 Å². The van der Waals surface area contributed by atoms with Gasteiger partial charge in [-0.2, -0.15) is 0 Å². The number of anilines is 1. The molecule has 3 amide bonds. The number of alkyl halides is 2. The molecule has 0 radical (unpaired) electrons. The van der Waals surface area contributed by atoms with E-state index in [1.807, 2.05) is 0 Å². The van der Waals surface area contributed by atoms with Crippen LogP contribution in [0.5, 0.6) is 11.5 Å². The van der Waals surface area contributed by atoms with Crippen LogP contribution in [0.3, 0.4) is 0 Å².